The van der Waals surface area contributed by atoms with Gasteiger partial charge in [0.2, 0.25) is 0 Å². The second-order valence-corrected chi connectivity index (χ2v) is 5.28. The largest absolute Gasteiger partial charge is 0.494 e. The number of nitrogens with zero attached hydrogens (tertiary/aromatic N) is 3. The monoisotopic (exact) mass is 349 g/mol. The van der Waals surface area contributed by atoms with Crippen LogP contribution in [0.15, 0.2) is 48.5 Å². The number of para-hydroxylation sites is 1. The van der Waals surface area contributed by atoms with Crippen molar-refractivity contribution >= 4 is 11.6 Å². The number of hydrogen-bond donors (Lipinski definition) is 0. The van der Waals surface area contributed by atoms with E-state index in [1.807, 2.05) is 19.1 Å². The van der Waals surface area contributed by atoms with Crippen LogP contribution in [0.5, 0.6) is 11.5 Å². The van der Waals surface area contributed by atoms with Crippen LogP contribution >= 0.6 is 0 Å². The lowest BCUT2D eigenvalue weighted by Crippen LogP contribution is -2.35. The maximum atomic E-state index is 12.6. The zero-order valence-electron chi connectivity index (χ0n) is 14.5. The highest BCUT2D eigenvalue weighted by atomic mass is 16.5. The first-order valence-electron chi connectivity index (χ1n) is 8.21. The number of carbonyl (C=O) groups excluding carboxylic acids is 1. The van der Waals surface area contributed by atoms with Crippen molar-refractivity contribution in [3.63, 3.8) is 0 Å². The van der Waals surface area contributed by atoms with Crippen LogP contribution in [0.1, 0.15) is 18.9 Å². The van der Waals surface area contributed by atoms with Gasteiger partial charge in [0.25, 0.3) is 5.91 Å². The molecule has 0 unspecified atom stereocenters. The second kappa shape index (κ2) is 9.71. The molecule has 26 heavy (non-hydrogen) atoms. The molecule has 0 aliphatic rings. The third-order valence-corrected chi connectivity index (χ3v) is 3.57. The van der Waals surface area contributed by atoms with Crippen molar-refractivity contribution < 1.29 is 14.3 Å². The molecular formula is C20H19N3O3. The van der Waals surface area contributed by atoms with E-state index in [0.717, 1.165) is 0 Å². The van der Waals surface area contributed by atoms with Crippen molar-refractivity contribution in [1.82, 2.24) is 0 Å². The van der Waals surface area contributed by atoms with Gasteiger partial charge in [0.1, 0.15) is 17.6 Å². The molecule has 2 aromatic carbocycles. The van der Waals surface area contributed by atoms with E-state index in [9.17, 15) is 4.79 Å². The van der Waals surface area contributed by atoms with Gasteiger partial charge >= 0.3 is 0 Å². The van der Waals surface area contributed by atoms with Crippen LogP contribution in [-0.4, -0.2) is 25.7 Å². The molecule has 0 saturated heterocycles. The molecule has 0 atom stereocenters. The highest BCUT2D eigenvalue weighted by Gasteiger charge is 2.17. The summed E-state index contributed by atoms with van der Waals surface area (Å²) in [6, 6.07) is 17.9. The Bertz CT molecular complexity index is 819. The van der Waals surface area contributed by atoms with Crippen LogP contribution < -0.4 is 14.4 Å². The molecule has 0 radical (unpaired) electrons. The van der Waals surface area contributed by atoms with Crippen LogP contribution in [-0.2, 0) is 4.79 Å². The Morgan fingerprint density at radius 1 is 1.08 bits per heavy atom. The van der Waals surface area contributed by atoms with Gasteiger partial charge in [0, 0.05) is 12.2 Å². The van der Waals surface area contributed by atoms with Gasteiger partial charge < -0.3 is 14.4 Å². The first-order valence-corrected chi connectivity index (χ1v) is 8.21. The fraction of sp³-hybridized carbons (Fsp3) is 0.250. The number of amides is 1. The summed E-state index contributed by atoms with van der Waals surface area (Å²) in [7, 11) is 0. The zero-order valence-corrected chi connectivity index (χ0v) is 14.5. The molecule has 0 N–H and O–H groups in total. The summed E-state index contributed by atoms with van der Waals surface area (Å²) in [5, 5.41) is 17.9. The van der Waals surface area contributed by atoms with Crippen molar-refractivity contribution in [3.05, 3.63) is 54.1 Å². The van der Waals surface area contributed by atoms with Gasteiger partial charge in [-0.05, 0) is 43.3 Å². The molecule has 0 heterocycles. The van der Waals surface area contributed by atoms with Gasteiger partial charge in [-0.1, -0.05) is 12.1 Å². The van der Waals surface area contributed by atoms with Crippen molar-refractivity contribution in [2.45, 2.75) is 13.3 Å². The molecule has 0 saturated carbocycles. The SMILES string of the molecule is CCOc1ccc(N(CCC#N)C(=O)COc2ccccc2C#N)cc1. The Labute approximate surface area is 152 Å². The fourth-order valence-electron chi connectivity index (χ4n) is 2.35. The van der Waals surface area contributed by atoms with E-state index >= 15 is 0 Å². The van der Waals surface area contributed by atoms with E-state index in [0.29, 0.717) is 29.4 Å². The Hall–Kier alpha value is -3.51. The average Bonchev–Trinajstić information content (AvgIpc) is 2.68. The lowest BCUT2D eigenvalue weighted by Gasteiger charge is -2.22. The molecular weight excluding hydrogens is 330 g/mol. The molecule has 0 spiro atoms. The molecule has 0 aliphatic heterocycles. The molecule has 0 fully saturated rings. The van der Waals surface area contributed by atoms with E-state index < -0.39 is 0 Å². The van der Waals surface area contributed by atoms with Gasteiger partial charge in [-0.15, -0.1) is 0 Å². The summed E-state index contributed by atoms with van der Waals surface area (Å²) in [6.45, 7) is 2.49. The minimum Gasteiger partial charge on any atom is -0.494 e. The molecule has 132 valence electrons. The predicted octanol–water partition coefficient (Wildman–Crippen LogP) is 3.28. The van der Waals surface area contributed by atoms with E-state index in [4.69, 9.17) is 20.0 Å². The Balaban J connectivity index is 2.11. The lowest BCUT2D eigenvalue weighted by atomic mass is 10.2. The van der Waals surface area contributed by atoms with Crippen LogP contribution in [0.25, 0.3) is 0 Å². The summed E-state index contributed by atoms with van der Waals surface area (Å²) < 4.78 is 10.9. The summed E-state index contributed by atoms with van der Waals surface area (Å²) in [6.07, 6.45) is 0.202. The van der Waals surface area contributed by atoms with Crippen molar-refractivity contribution in [3.8, 4) is 23.6 Å². The third kappa shape index (κ3) is 4.99. The van der Waals surface area contributed by atoms with Gasteiger partial charge in [-0.3, -0.25) is 4.79 Å². The predicted molar refractivity (Wildman–Crippen MR) is 96.8 cm³/mol. The van der Waals surface area contributed by atoms with Crippen molar-refractivity contribution in [1.29, 1.82) is 10.5 Å². The summed E-state index contributed by atoms with van der Waals surface area (Å²) >= 11 is 0. The number of nitriles is 2. The maximum absolute atomic E-state index is 12.6. The Morgan fingerprint density at radius 2 is 1.81 bits per heavy atom. The normalized spacial score (nSPS) is 9.65. The van der Waals surface area contributed by atoms with Gasteiger partial charge in [0.15, 0.2) is 6.61 Å². The average molecular weight is 349 g/mol. The van der Waals surface area contributed by atoms with Crippen LogP contribution in [0, 0.1) is 22.7 Å². The standard InChI is InChI=1S/C20H19N3O3/c1-2-25-18-10-8-17(9-11-18)23(13-5-12-21)20(24)15-26-19-7-4-3-6-16(19)14-22/h3-4,6-11H,2,5,13,15H2,1H3. The third-order valence-electron chi connectivity index (χ3n) is 3.57. The first kappa shape index (κ1) is 18.8. The number of hydrogen-bond acceptors (Lipinski definition) is 5. The Morgan fingerprint density at radius 3 is 2.46 bits per heavy atom. The van der Waals surface area contributed by atoms with Crippen molar-refractivity contribution in [2.75, 3.05) is 24.7 Å². The molecule has 1 amide bonds. The van der Waals surface area contributed by atoms with Gasteiger partial charge in [-0.25, -0.2) is 0 Å². The molecule has 0 bridgehead atoms. The van der Waals surface area contributed by atoms with Crippen molar-refractivity contribution in [2.24, 2.45) is 0 Å². The van der Waals surface area contributed by atoms with E-state index in [1.165, 1.54) is 4.90 Å². The Kier molecular flexibility index (Phi) is 7.03. The number of benzene rings is 2. The number of anilines is 1. The topological polar surface area (TPSA) is 86.3 Å². The van der Waals surface area contributed by atoms with Crippen LogP contribution in [0.2, 0.25) is 0 Å². The number of carbonyl (C=O) groups is 1. The lowest BCUT2D eigenvalue weighted by molar-refractivity contribution is -0.120. The minimum atomic E-state index is -0.294. The summed E-state index contributed by atoms with van der Waals surface area (Å²) in [4.78, 5) is 14.1. The first-order chi connectivity index (χ1) is 12.7. The fourth-order valence-corrected chi connectivity index (χ4v) is 2.35. The van der Waals surface area contributed by atoms with Crippen LogP contribution in [0.4, 0.5) is 5.69 Å². The van der Waals surface area contributed by atoms with Gasteiger partial charge in [0.05, 0.1) is 24.7 Å². The van der Waals surface area contributed by atoms with Gasteiger partial charge in [-0.2, -0.15) is 10.5 Å². The van der Waals surface area contributed by atoms with Crippen LogP contribution in [0.3, 0.4) is 0 Å². The minimum absolute atomic E-state index is 0.202. The smallest absolute Gasteiger partial charge is 0.264 e. The molecule has 6 heteroatoms. The molecule has 2 rings (SSSR count). The number of ether oxygens (including phenoxy) is 2. The van der Waals surface area contributed by atoms with E-state index in [1.54, 1.807) is 48.5 Å². The highest BCUT2D eigenvalue weighted by molar-refractivity contribution is 5.94. The quantitative estimate of drug-likeness (QED) is 0.730. The maximum Gasteiger partial charge on any atom is 0.264 e. The molecule has 6 nitrogen and oxygen atoms in total. The molecule has 0 aromatic heterocycles. The molecule has 0 aliphatic carbocycles. The highest BCUT2D eigenvalue weighted by Crippen LogP contribution is 2.21. The second-order valence-electron chi connectivity index (χ2n) is 5.28. The summed E-state index contributed by atoms with van der Waals surface area (Å²) in [5.41, 5.74) is 1.02. The van der Waals surface area contributed by atoms with E-state index in [2.05, 4.69) is 0 Å². The summed E-state index contributed by atoms with van der Waals surface area (Å²) in [5.74, 6) is 0.774. The zero-order chi connectivity index (χ0) is 18.8. The number of rotatable bonds is 8. The molecule has 2 aromatic rings. The van der Waals surface area contributed by atoms with E-state index in [-0.39, 0.29) is 25.5 Å².